The first kappa shape index (κ1) is 16.7. The normalized spacial score (nSPS) is 16.6. The van der Waals surface area contributed by atoms with Crippen LogP contribution in [-0.4, -0.2) is 40.5 Å². The van der Waals surface area contributed by atoms with Gasteiger partial charge in [0, 0.05) is 36.6 Å². The average molecular weight is 372 g/mol. The second kappa shape index (κ2) is 6.64. The van der Waals surface area contributed by atoms with E-state index >= 15 is 0 Å². The zero-order valence-electron chi connectivity index (χ0n) is 15.3. The van der Waals surface area contributed by atoms with Gasteiger partial charge in [-0.2, -0.15) is 0 Å². The number of ether oxygens (including phenoxy) is 1. The van der Waals surface area contributed by atoms with Crippen molar-refractivity contribution in [3.8, 4) is 5.75 Å². The Morgan fingerprint density at radius 3 is 2.50 bits per heavy atom. The van der Waals surface area contributed by atoms with Gasteiger partial charge in [0.15, 0.2) is 0 Å². The van der Waals surface area contributed by atoms with Crippen molar-refractivity contribution in [3.05, 3.63) is 78.1 Å². The Kier molecular flexibility index (Phi) is 3.97. The number of likely N-dealkylation sites (tertiary alicyclic amines) is 1. The van der Waals surface area contributed by atoms with Crippen molar-refractivity contribution < 1.29 is 9.53 Å². The first-order chi connectivity index (χ1) is 13.7. The molecule has 1 aromatic heterocycles. The zero-order valence-corrected chi connectivity index (χ0v) is 15.3. The molecule has 0 unspecified atom stereocenters. The van der Waals surface area contributed by atoms with Crippen LogP contribution in [0.15, 0.2) is 67.0 Å². The Balaban J connectivity index is 1.22. The van der Waals surface area contributed by atoms with E-state index in [9.17, 15) is 4.79 Å². The predicted molar refractivity (Wildman–Crippen MR) is 106 cm³/mol. The summed E-state index contributed by atoms with van der Waals surface area (Å²) in [5.74, 6) is 1.41. The van der Waals surface area contributed by atoms with E-state index in [2.05, 4.69) is 21.4 Å². The molecule has 140 valence electrons. The lowest BCUT2D eigenvalue weighted by Gasteiger charge is -2.51. The van der Waals surface area contributed by atoms with Crippen molar-refractivity contribution in [2.24, 2.45) is 5.41 Å². The van der Waals surface area contributed by atoms with Crippen LogP contribution in [0.5, 0.6) is 5.75 Å². The fourth-order valence-electron chi connectivity index (χ4n) is 3.92. The highest BCUT2D eigenvalue weighted by molar-refractivity contribution is 5.94. The lowest BCUT2D eigenvalue weighted by atomic mass is 9.74. The summed E-state index contributed by atoms with van der Waals surface area (Å²) in [6, 6.07) is 17.8. The summed E-state index contributed by atoms with van der Waals surface area (Å²) < 4.78 is 5.92. The number of nitrogens with zero attached hydrogens (tertiary/aromatic N) is 3. The molecule has 0 radical (unpaired) electrons. The number of hydrogen-bond acceptors (Lipinski definition) is 5. The third kappa shape index (κ3) is 3.07. The van der Waals surface area contributed by atoms with E-state index in [4.69, 9.17) is 4.74 Å². The molecule has 2 aliphatic heterocycles. The summed E-state index contributed by atoms with van der Waals surface area (Å²) in [7, 11) is 0. The van der Waals surface area contributed by atoms with Gasteiger partial charge in [-0.1, -0.05) is 36.4 Å². The van der Waals surface area contributed by atoms with E-state index in [1.54, 1.807) is 12.4 Å². The van der Waals surface area contributed by atoms with Crippen LogP contribution in [0.4, 0.5) is 11.6 Å². The topological polar surface area (TPSA) is 67.4 Å². The number of aromatic nitrogens is 2. The Morgan fingerprint density at radius 2 is 1.71 bits per heavy atom. The molecule has 3 heterocycles. The van der Waals surface area contributed by atoms with Crippen LogP contribution in [0.3, 0.4) is 0 Å². The zero-order chi connectivity index (χ0) is 19.0. The smallest absolute Gasteiger partial charge is 0.257 e. The van der Waals surface area contributed by atoms with E-state index in [1.807, 2.05) is 53.4 Å². The maximum Gasteiger partial charge on any atom is 0.257 e. The predicted octanol–water partition coefficient (Wildman–Crippen LogP) is 3.30. The molecule has 5 rings (SSSR count). The van der Waals surface area contributed by atoms with E-state index in [0.29, 0.717) is 31.2 Å². The quantitative estimate of drug-likeness (QED) is 0.764. The molecule has 1 fully saturated rings. The Morgan fingerprint density at radius 1 is 1.00 bits per heavy atom. The summed E-state index contributed by atoms with van der Waals surface area (Å²) in [6.45, 7) is 2.05. The highest BCUT2D eigenvalue weighted by Crippen LogP contribution is 2.41. The number of hydrogen-bond donors (Lipinski definition) is 1. The van der Waals surface area contributed by atoms with Gasteiger partial charge in [-0.05, 0) is 30.2 Å². The number of benzene rings is 2. The molecule has 0 saturated carbocycles. The highest BCUT2D eigenvalue weighted by atomic mass is 16.5. The molecule has 2 aromatic carbocycles. The lowest BCUT2D eigenvalue weighted by Crippen LogP contribution is -2.62. The Bertz CT molecular complexity index is 999. The number of rotatable bonds is 3. The molecular weight excluding hydrogens is 352 g/mol. The number of nitrogens with one attached hydrogen (secondary N) is 1. The average Bonchev–Trinajstić information content (AvgIpc) is 2.72. The van der Waals surface area contributed by atoms with Gasteiger partial charge in [0.05, 0.1) is 12.2 Å². The van der Waals surface area contributed by atoms with E-state index in [0.717, 1.165) is 17.9 Å². The van der Waals surface area contributed by atoms with Crippen LogP contribution < -0.4 is 10.1 Å². The molecule has 3 aromatic rings. The van der Waals surface area contributed by atoms with Crippen molar-refractivity contribution in [2.45, 2.75) is 6.42 Å². The summed E-state index contributed by atoms with van der Waals surface area (Å²) in [5, 5.41) is 3.12. The second-order valence-electron chi connectivity index (χ2n) is 7.52. The van der Waals surface area contributed by atoms with Crippen molar-refractivity contribution in [3.63, 3.8) is 0 Å². The fraction of sp³-hybridized carbons (Fsp3) is 0.227. The standard InChI is InChI=1S/C22H20N4O2/c27-20(17-11-23-21(24-12-17)25-18-7-2-1-3-8-18)26-13-22(14-26)10-16-6-4-5-9-19(16)28-15-22/h1-9,11-12H,10,13-15H2,(H,23,24,25). The molecule has 1 saturated heterocycles. The van der Waals surface area contributed by atoms with E-state index in [1.165, 1.54) is 5.56 Å². The van der Waals surface area contributed by atoms with Crippen LogP contribution in [0.1, 0.15) is 15.9 Å². The number of para-hydroxylation sites is 2. The fourth-order valence-corrected chi connectivity index (χ4v) is 3.92. The third-order valence-corrected chi connectivity index (χ3v) is 5.34. The first-order valence-electron chi connectivity index (χ1n) is 9.35. The number of carbonyl (C=O) groups is 1. The monoisotopic (exact) mass is 372 g/mol. The summed E-state index contributed by atoms with van der Waals surface area (Å²) >= 11 is 0. The van der Waals surface area contributed by atoms with Gasteiger partial charge in [-0.3, -0.25) is 4.79 Å². The number of carbonyl (C=O) groups excluding carboxylic acids is 1. The lowest BCUT2D eigenvalue weighted by molar-refractivity contribution is -0.0291. The van der Waals surface area contributed by atoms with Crippen molar-refractivity contribution in [2.75, 3.05) is 25.0 Å². The van der Waals surface area contributed by atoms with Crippen molar-refractivity contribution >= 4 is 17.5 Å². The van der Waals surface area contributed by atoms with Gasteiger partial charge < -0.3 is 15.0 Å². The SMILES string of the molecule is O=C(c1cnc(Nc2ccccc2)nc1)N1CC2(COc3ccccc3C2)C1. The maximum atomic E-state index is 12.8. The summed E-state index contributed by atoms with van der Waals surface area (Å²) in [6.07, 6.45) is 4.11. The molecule has 1 amide bonds. The minimum Gasteiger partial charge on any atom is -0.493 e. The van der Waals surface area contributed by atoms with Gasteiger partial charge in [-0.25, -0.2) is 9.97 Å². The molecule has 6 heteroatoms. The van der Waals surface area contributed by atoms with Gasteiger partial charge in [-0.15, -0.1) is 0 Å². The molecule has 2 aliphatic rings. The molecule has 0 atom stereocenters. The van der Waals surface area contributed by atoms with E-state index < -0.39 is 0 Å². The number of anilines is 2. The van der Waals surface area contributed by atoms with Crippen LogP contribution in [0, 0.1) is 5.41 Å². The van der Waals surface area contributed by atoms with E-state index in [-0.39, 0.29) is 11.3 Å². The summed E-state index contributed by atoms with van der Waals surface area (Å²) in [5.41, 5.74) is 2.66. The molecular formula is C22H20N4O2. The van der Waals surface area contributed by atoms with Crippen LogP contribution in [0.2, 0.25) is 0 Å². The maximum absolute atomic E-state index is 12.8. The molecule has 0 aliphatic carbocycles. The Labute approximate surface area is 163 Å². The van der Waals surface area contributed by atoms with Crippen LogP contribution in [-0.2, 0) is 6.42 Å². The summed E-state index contributed by atoms with van der Waals surface area (Å²) in [4.78, 5) is 23.2. The molecule has 0 bridgehead atoms. The van der Waals surface area contributed by atoms with Gasteiger partial charge in [0.25, 0.3) is 5.91 Å². The minimum atomic E-state index is -0.0317. The minimum absolute atomic E-state index is 0.0275. The first-order valence-corrected chi connectivity index (χ1v) is 9.35. The van der Waals surface area contributed by atoms with Gasteiger partial charge >= 0.3 is 0 Å². The molecule has 6 nitrogen and oxygen atoms in total. The number of fused-ring (bicyclic) bond motifs is 1. The molecule has 28 heavy (non-hydrogen) atoms. The third-order valence-electron chi connectivity index (χ3n) is 5.34. The highest BCUT2D eigenvalue weighted by Gasteiger charge is 2.48. The number of amides is 1. The van der Waals surface area contributed by atoms with Crippen molar-refractivity contribution in [1.82, 2.24) is 14.9 Å². The van der Waals surface area contributed by atoms with Gasteiger partial charge in [0.2, 0.25) is 5.95 Å². The Hall–Kier alpha value is -3.41. The van der Waals surface area contributed by atoms with Crippen LogP contribution >= 0.6 is 0 Å². The second-order valence-corrected chi connectivity index (χ2v) is 7.52. The van der Waals surface area contributed by atoms with Crippen LogP contribution in [0.25, 0.3) is 0 Å². The largest absolute Gasteiger partial charge is 0.493 e. The molecule has 1 N–H and O–H groups in total. The van der Waals surface area contributed by atoms with Gasteiger partial charge in [0.1, 0.15) is 5.75 Å². The molecule has 1 spiro atoms. The van der Waals surface area contributed by atoms with Crippen molar-refractivity contribution in [1.29, 1.82) is 0 Å².